The van der Waals surface area contributed by atoms with Crippen molar-refractivity contribution in [1.29, 1.82) is 0 Å². The van der Waals surface area contributed by atoms with Gasteiger partial charge >= 0.3 is 0 Å². The van der Waals surface area contributed by atoms with Crippen molar-refractivity contribution in [2.45, 2.75) is 6.92 Å². The molecule has 0 unspecified atom stereocenters. The Hall–Kier alpha value is -3.86. The molecular formula is C24H22N4O. The molecule has 5 nitrogen and oxygen atoms in total. The van der Waals surface area contributed by atoms with Gasteiger partial charge in [0.05, 0.1) is 23.1 Å². The Morgan fingerprint density at radius 2 is 1.83 bits per heavy atom. The predicted molar refractivity (Wildman–Crippen MR) is 117 cm³/mol. The number of fused-ring (bicyclic) bond motifs is 1. The van der Waals surface area contributed by atoms with Crippen molar-refractivity contribution < 1.29 is 9.67 Å². The number of aliphatic imine (C=N–C) groups is 1. The quantitative estimate of drug-likeness (QED) is 0.240. The third kappa shape index (κ3) is 3.50. The Bertz CT molecular complexity index is 1190. The Balaban J connectivity index is 1.90. The molecule has 5 heteroatoms. The zero-order chi connectivity index (χ0) is 20.2. The first-order valence-corrected chi connectivity index (χ1v) is 9.40. The lowest BCUT2D eigenvalue weighted by Crippen LogP contribution is -2.29. The molecule has 1 N–H and O–H groups in total. The van der Waals surface area contributed by atoms with E-state index in [1.165, 1.54) is 0 Å². The fourth-order valence-corrected chi connectivity index (χ4v) is 3.35. The van der Waals surface area contributed by atoms with Crippen molar-refractivity contribution in [2.75, 3.05) is 11.9 Å². The van der Waals surface area contributed by atoms with Crippen LogP contribution in [0.5, 0.6) is 5.75 Å². The number of phenolic OH excluding ortho intramolecular Hbond substituents is 1. The van der Waals surface area contributed by atoms with Crippen LogP contribution in [0.4, 0.5) is 5.69 Å². The van der Waals surface area contributed by atoms with Gasteiger partial charge in [-0.25, -0.2) is 0 Å². The molecule has 144 valence electrons. The van der Waals surface area contributed by atoms with E-state index in [-0.39, 0.29) is 5.75 Å². The highest BCUT2D eigenvalue weighted by molar-refractivity contribution is 5.82. The maximum Gasteiger partial charge on any atom is 0.269 e. The molecule has 29 heavy (non-hydrogen) atoms. The molecule has 4 aromatic rings. The first-order chi connectivity index (χ1) is 14.2. The van der Waals surface area contributed by atoms with E-state index >= 15 is 0 Å². The molecule has 4 rings (SSSR count). The van der Waals surface area contributed by atoms with Crippen LogP contribution < -0.4 is 9.47 Å². The highest BCUT2D eigenvalue weighted by Crippen LogP contribution is 2.24. The summed E-state index contributed by atoms with van der Waals surface area (Å²) < 4.78 is 3.89. The molecule has 0 fully saturated rings. The minimum absolute atomic E-state index is 0.212. The molecular weight excluding hydrogens is 360 g/mol. The minimum atomic E-state index is 0.212. The van der Waals surface area contributed by atoms with Crippen molar-refractivity contribution in [3.05, 3.63) is 91.4 Å². The van der Waals surface area contributed by atoms with E-state index in [1.54, 1.807) is 19.5 Å². The van der Waals surface area contributed by atoms with Gasteiger partial charge in [0.15, 0.2) is 0 Å². The van der Waals surface area contributed by atoms with Gasteiger partial charge in [-0.1, -0.05) is 48.5 Å². The second-order valence-corrected chi connectivity index (χ2v) is 6.53. The summed E-state index contributed by atoms with van der Waals surface area (Å²) in [5.41, 5.74) is 4.60. The Labute approximate surface area is 170 Å². The monoisotopic (exact) mass is 382 g/mol. The number of rotatable bonds is 5. The zero-order valence-corrected chi connectivity index (χ0v) is 16.4. The van der Waals surface area contributed by atoms with Crippen molar-refractivity contribution in [1.82, 2.24) is 4.57 Å². The summed E-state index contributed by atoms with van der Waals surface area (Å²) in [7, 11) is 1.75. The maximum absolute atomic E-state index is 10.4. The number of aromatic hydroxyl groups is 1. The van der Waals surface area contributed by atoms with Crippen molar-refractivity contribution in [2.24, 2.45) is 4.99 Å². The van der Waals surface area contributed by atoms with Crippen LogP contribution in [0.3, 0.4) is 0 Å². The first-order valence-electron chi connectivity index (χ1n) is 9.40. The van der Waals surface area contributed by atoms with Crippen molar-refractivity contribution in [3.63, 3.8) is 0 Å². The largest absolute Gasteiger partial charge is 0.511 e. The SMILES string of the molecule is C/C=C\N(C=NC)c1cccc(-n2[c-][n+](-c3ccccc3O)c3ccccc32)c1. The van der Waals surface area contributed by atoms with E-state index in [9.17, 15) is 5.11 Å². The van der Waals surface area contributed by atoms with E-state index < -0.39 is 0 Å². The van der Waals surface area contributed by atoms with E-state index in [4.69, 9.17) is 0 Å². The number of hydrogen-bond donors (Lipinski definition) is 1. The minimum Gasteiger partial charge on any atom is -0.511 e. The molecule has 0 amide bonds. The number of para-hydroxylation sites is 4. The van der Waals surface area contributed by atoms with E-state index in [0.29, 0.717) is 5.69 Å². The molecule has 0 saturated heterocycles. The fraction of sp³-hybridized carbons (Fsp3) is 0.0833. The number of imidazole rings is 1. The van der Waals surface area contributed by atoms with E-state index in [2.05, 4.69) is 17.4 Å². The van der Waals surface area contributed by atoms with Crippen molar-refractivity contribution in [3.8, 4) is 17.1 Å². The molecule has 0 atom stereocenters. The van der Waals surface area contributed by atoms with Crippen LogP contribution >= 0.6 is 0 Å². The fourth-order valence-electron chi connectivity index (χ4n) is 3.35. The molecule has 3 aromatic carbocycles. The molecule has 1 heterocycles. The standard InChI is InChI=1S/C24H22N4O/c1-3-15-26(17-25-2)19-9-8-10-20(16-19)27-18-28(22-12-5-4-11-21(22)27)23-13-6-7-14-24(23)29/h3-17,29H,1-2H3/b15-3-,25-17?. The molecule has 0 aliphatic carbocycles. The second-order valence-electron chi connectivity index (χ2n) is 6.53. The van der Waals surface area contributed by atoms with Crippen LogP contribution in [-0.4, -0.2) is 23.1 Å². The Morgan fingerprint density at radius 3 is 2.62 bits per heavy atom. The smallest absolute Gasteiger partial charge is 0.269 e. The number of anilines is 1. The summed E-state index contributed by atoms with van der Waals surface area (Å²) in [6, 6.07) is 23.5. The average molecular weight is 382 g/mol. The highest BCUT2D eigenvalue weighted by Gasteiger charge is 2.14. The van der Waals surface area contributed by atoms with Crippen LogP contribution in [-0.2, 0) is 0 Å². The number of hydrogen-bond acceptors (Lipinski definition) is 2. The van der Waals surface area contributed by atoms with Gasteiger partial charge in [-0.3, -0.25) is 14.1 Å². The third-order valence-corrected chi connectivity index (χ3v) is 4.62. The number of aromatic nitrogens is 2. The summed E-state index contributed by atoms with van der Waals surface area (Å²) in [5.74, 6) is 0.212. The summed E-state index contributed by atoms with van der Waals surface area (Å²) >= 11 is 0. The normalized spacial score (nSPS) is 11.7. The van der Waals surface area contributed by atoms with Crippen LogP contribution in [0.25, 0.3) is 22.4 Å². The van der Waals surface area contributed by atoms with Gasteiger partial charge in [-0.05, 0) is 37.3 Å². The summed E-state index contributed by atoms with van der Waals surface area (Å²) in [5, 5.41) is 10.4. The van der Waals surface area contributed by atoms with Crippen LogP contribution in [0.1, 0.15) is 6.92 Å². The van der Waals surface area contributed by atoms with Gasteiger partial charge in [0.1, 0.15) is 11.4 Å². The molecule has 1 aromatic heterocycles. The van der Waals surface area contributed by atoms with Crippen LogP contribution in [0.15, 0.2) is 90.1 Å². The molecule has 0 bridgehead atoms. The Kier molecular flexibility index (Phi) is 5.12. The van der Waals surface area contributed by atoms with Gasteiger partial charge in [-0.2, -0.15) is 0 Å². The second kappa shape index (κ2) is 8.02. The number of phenols is 1. The van der Waals surface area contributed by atoms with E-state index in [1.807, 2.05) is 93.9 Å². The third-order valence-electron chi connectivity index (χ3n) is 4.62. The first kappa shape index (κ1) is 18.5. The molecule has 0 spiro atoms. The number of allylic oxidation sites excluding steroid dienone is 1. The maximum atomic E-state index is 10.4. The van der Waals surface area contributed by atoms with Gasteiger partial charge in [0.2, 0.25) is 0 Å². The van der Waals surface area contributed by atoms with Gasteiger partial charge in [0, 0.05) is 18.9 Å². The highest BCUT2D eigenvalue weighted by atomic mass is 16.3. The lowest BCUT2D eigenvalue weighted by Gasteiger charge is -2.16. The zero-order valence-electron chi connectivity index (χ0n) is 16.4. The Morgan fingerprint density at radius 1 is 1.03 bits per heavy atom. The molecule has 0 aliphatic rings. The average Bonchev–Trinajstić information content (AvgIpc) is 3.14. The topological polar surface area (TPSA) is 44.6 Å². The molecule has 0 saturated carbocycles. The lowest BCUT2D eigenvalue weighted by molar-refractivity contribution is -0.573. The molecule has 0 radical (unpaired) electrons. The summed E-state index contributed by atoms with van der Waals surface area (Å²) in [6.45, 7) is 1.98. The summed E-state index contributed by atoms with van der Waals surface area (Å²) in [4.78, 5) is 6.10. The van der Waals surface area contributed by atoms with Gasteiger partial charge < -0.3 is 10.0 Å². The van der Waals surface area contributed by atoms with Gasteiger partial charge in [-0.15, -0.1) is 0 Å². The number of nitrogens with zero attached hydrogens (tertiary/aromatic N) is 4. The predicted octanol–water partition coefficient (Wildman–Crippen LogP) is 4.41. The van der Waals surface area contributed by atoms with E-state index in [0.717, 1.165) is 22.4 Å². The van der Waals surface area contributed by atoms with Gasteiger partial charge in [0.25, 0.3) is 6.33 Å². The van der Waals surface area contributed by atoms with Crippen LogP contribution in [0, 0.1) is 6.33 Å². The number of benzene rings is 3. The summed E-state index contributed by atoms with van der Waals surface area (Å²) in [6.07, 6.45) is 9.11. The van der Waals surface area contributed by atoms with Crippen molar-refractivity contribution >= 4 is 23.1 Å². The van der Waals surface area contributed by atoms with Crippen LogP contribution in [0.2, 0.25) is 0 Å². The molecule has 0 aliphatic heterocycles. The lowest BCUT2D eigenvalue weighted by atomic mass is 10.2.